The summed E-state index contributed by atoms with van der Waals surface area (Å²) in [7, 11) is 0. The molecule has 1 aliphatic rings. The molecule has 25 heavy (non-hydrogen) atoms. The Bertz CT molecular complexity index is 850. The highest BCUT2D eigenvalue weighted by molar-refractivity contribution is 5.62. The minimum atomic E-state index is 0.552. The normalized spacial score (nSPS) is 13.4. The number of nitrogens with one attached hydrogen (secondary N) is 1. The summed E-state index contributed by atoms with van der Waals surface area (Å²) in [5.74, 6) is 1.55. The zero-order valence-corrected chi connectivity index (χ0v) is 13.9. The van der Waals surface area contributed by atoms with Gasteiger partial charge in [-0.2, -0.15) is 0 Å². The standard InChI is InChI=1S/C21H20N2O2/c1-2-5-16(6-3-1)15-25-19-8-4-7-17(13-19)20-10-9-18-14-22-11-12-24-21(18)23-20/h1-10,13,22H,11-12,14-15H2. The summed E-state index contributed by atoms with van der Waals surface area (Å²) in [6.07, 6.45) is 0. The zero-order valence-electron chi connectivity index (χ0n) is 13.9. The molecule has 0 spiro atoms. The van der Waals surface area contributed by atoms with Gasteiger partial charge in [0, 0.05) is 24.2 Å². The van der Waals surface area contributed by atoms with Gasteiger partial charge in [-0.3, -0.25) is 0 Å². The van der Waals surface area contributed by atoms with Crippen molar-refractivity contribution in [2.24, 2.45) is 0 Å². The maximum absolute atomic E-state index is 5.92. The molecule has 4 heteroatoms. The van der Waals surface area contributed by atoms with Gasteiger partial charge in [0.05, 0.1) is 5.69 Å². The summed E-state index contributed by atoms with van der Waals surface area (Å²) in [5.41, 5.74) is 4.16. The van der Waals surface area contributed by atoms with Crippen LogP contribution < -0.4 is 14.8 Å². The van der Waals surface area contributed by atoms with E-state index in [1.807, 2.05) is 48.5 Å². The van der Waals surface area contributed by atoms with Gasteiger partial charge in [0.25, 0.3) is 0 Å². The van der Waals surface area contributed by atoms with Crippen molar-refractivity contribution in [2.75, 3.05) is 13.2 Å². The van der Waals surface area contributed by atoms with Gasteiger partial charge in [0.2, 0.25) is 5.88 Å². The molecule has 0 atom stereocenters. The highest BCUT2D eigenvalue weighted by Gasteiger charge is 2.12. The fourth-order valence-corrected chi connectivity index (χ4v) is 2.82. The molecule has 1 N–H and O–H groups in total. The van der Waals surface area contributed by atoms with Gasteiger partial charge in [-0.05, 0) is 23.8 Å². The molecule has 0 saturated heterocycles. The molecule has 0 unspecified atom stereocenters. The molecule has 0 radical (unpaired) electrons. The molecule has 2 heterocycles. The van der Waals surface area contributed by atoms with Crippen LogP contribution in [-0.2, 0) is 13.2 Å². The molecule has 3 aromatic rings. The Hall–Kier alpha value is -2.85. The lowest BCUT2D eigenvalue weighted by Gasteiger charge is -2.10. The lowest BCUT2D eigenvalue weighted by Crippen LogP contribution is -2.16. The van der Waals surface area contributed by atoms with Gasteiger partial charge in [0.1, 0.15) is 19.0 Å². The van der Waals surface area contributed by atoms with Crippen LogP contribution in [-0.4, -0.2) is 18.1 Å². The van der Waals surface area contributed by atoms with Crippen LogP contribution >= 0.6 is 0 Å². The van der Waals surface area contributed by atoms with Gasteiger partial charge < -0.3 is 14.8 Å². The molecular weight excluding hydrogens is 312 g/mol. The van der Waals surface area contributed by atoms with Crippen LogP contribution in [0.4, 0.5) is 0 Å². The van der Waals surface area contributed by atoms with E-state index in [-0.39, 0.29) is 0 Å². The van der Waals surface area contributed by atoms with Gasteiger partial charge in [-0.1, -0.05) is 48.5 Å². The lowest BCUT2D eigenvalue weighted by atomic mass is 10.1. The van der Waals surface area contributed by atoms with Crippen molar-refractivity contribution in [1.29, 1.82) is 0 Å². The first-order valence-electron chi connectivity index (χ1n) is 8.49. The first-order chi connectivity index (χ1) is 12.4. The van der Waals surface area contributed by atoms with E-state index in [4.69, 9.17) is 9.47 Å². The third-order valence-corrected chi connectivity index (χ3v) is 4.15. The second-order valence-electron chi connectivity index (χ2n) is 5.99. The molecule has 0 fully saturated rings. The summed E-state index contributed by atoms with van der Waals surface area (Å²) in [6.45, 7) is 2.83. The van der Waals surface area contributed by atoms with Gasteiger partial charge >= 0.3 is 0 Å². The van der Waals surface area contributed by atoms with Crippen molar-refractivity contribution < 1.29 is 9.47 Å². The number of nitrogens with zero attached hydrogens (tertiary/aromatic N) is 1. The molecule has 0 saturated carbocycles. The van der Waals surface area contributed by atoms with Crippen molar-refractivity contribution in [3.63, 3.8) is 0 Å². The lowest BCUT2D eigenvalue weighted by molar-refractivity contribution is 0.306. The van der Waals surface area contributed by atoms with Crippen LogP contribution in [0.15, 0.2) is 66.7 Å². The molecule has 126 valence electrons. The predicted octanol–water partition coefficient (Wildman–Crippen LogP) is 3.81. The van der Waals surface area contributed by atoms with E-state index >= 15 is 0 Å². The Morgan fingerprint density at radius 3 is 2.84 bits per heavy atom. The van der Waals surface area contributed by atoms with Crippen molar-refractivity contribution in [2.45, 2.75) is 13.2 Å². The summed E-state index contributed by atoms with van der Waals surface area (Å²) in [5, 5.41) is 3.32. The molecule has 1 aromatic heterocycles. The van der Waals surface area contributed by atoms with Crippen LogP contribution in [0.3, 0.4) is 0 Å². The average molecular weight is 332 g/mol. The molecule has 0 aliphatic carbocycles. The van der Waals surface area contributed by atoms with E-state index in [0.29, 0.717) is 13.2 Å². The van der Waals surface area contributed by atoms with E-state index < -0.39 is 0 Å². The SMILES string of the molecule is c1ccc(COc2cccc(-c3ccc4c(n3)OCCNC4)c2)cc1. The first kappa shape index (κ1) is 15.7. The Labute approximate surface area is 147 Å². The number of hydrogen-bond acceptors (Lipinski definition) is 4. The quantitative estimate of drug-likeness (QED) is 0.789. The minimum absolute atomic E-state index is 0.552. The largest absolute Gasteiger partial charge is 0.489 e. The smallest absolute Gasteiger partial charge is 0.218 e. The van der Waals surface area contributed by atoms with E-state index in [1.165, 1.54) is 0 Å². The van der Waals surface area contributed by atoms with Gasteiger partial charge in [-0.15, -0.1) is 0 Å². The van der Waals surface area contributed by atoms with E-state index in [0.717, 1.165) is 47.1 Å². The number of hydrogen-bond donors (Lipinski definition) is 1. The van der Waals surface area contributed by atoms with Crippen molar-refractivity contribution >= 4 is 0 Å². The fourth-order valence-electron chi connectivity index (χ4n) is 2.82. The monoisotopic (exact) mass is 332 g/mol. The van der Waals surface area contributed by atoms with Crippen LogP contribution in [0.5, 0.6) is 11.6 Å². The van der Waals surface area contributed by atoms with E-state index in [2.05, 4.69) is 28.5 Å². The molecule has 2 aromatic carbocycles. The summed E-state index contributed by atoms with van der Waals surface area (Å²) < 4.78 is 11.7. The zero-order chi connectivity index (χ0) is 16.9. The van der Waals surface area contributed by atoms with Crippen LogP contribution in [0.2, 0.25) is 0 Å². The van der Waals surface area contributed by atoms with Crippen LogP contribution in [0, 0.1) is 0 Å². The van der Waals surface area contributed by atoms with Gasteiger partial charge in [0.15, 0.2) is 0 Å². The summed E-state index contributed by atoms with van der Waals surface area (Å²) in [4.78, 5) is 4.69. The molecule has 1 aliphatic heterocycles. The Balaban J connectivity index is 1.54. The maximum atomic E-state index is 5.92. The summed E-state index contributed by atoms with van der Waals surface area (Å²) >= 11 is 0. The molecule has 4 rings (SSSR count). The Kier molecular flexibility index (Phi) is 4.61. The van der Waals surface area contributed by atoms with Gasteiger partial charge in [-0.25, -0.2) is 4.98 Å². The number of rotatable bonds is 4. The maximum Gasteiger partial charge on any atom is 0.218 e. The third-order valence-electron chi connectivity index (χ3n) is 4.15. The van der Waals surface area contributed by atoms with Crippen molar-refractivity contribution in [1.82, 2.24) is 10.3 Å². The highest BCUT2D eigenvalue weighted by atomic mass is 16.5. The van der Waals surface area contributed by atoms with Crippen LogP contribution in [0.1, 0.15) is 11.1 Å². The molecule has 0 amide bonds. The Morgan fingerprint density at radius 1 is 1.00 bits per heavy atom. The van der Waals surface area contributed by atoms with Crippen LogP contribution in [0.25, 0.3) is 11.3 Å². The van der Waals surface area contributed by atoms with Crippen molar-refractivity contribution in [3.05, 3.63) is 77.9 Å². The topological polar surface area (TPSA) is 43.4 Å². The third kappa shape index (κ3) is 3.80. The summed E-state index contributed by atoms with van der Waals surface area (Å²) in [6, 6.07) is 22.3. The second kappa shape index (κ2) is 7.36. The second-order valence-corrected chi connectivity index (χ2v) is 5.99. The van der Waals surface area contributed by atoms with E-state index in [1.54, 1.807) is 0 Å². The predicted molar refractivity (Wildman–Crippen MR) is 97.6 cm³/mol. The number of pyridine rings is 1. The minimum Gasteiger partial charge on any atom is -0.489 e. The number of benzene rings is 2. The number of aromatic nitrogens is 1. The first-order valence-corrected chi connectivity index (χ1v) is 8.49. The Morgan fingerprint density at radius 2 is 1.92 bits per heavy atom. The number of ether oxygens (including phenoxy) is 2. The molecular formula is C21H20N2O2. The van der Waals surface area contributed by atoms with Crippen molar-refractivity contribution in [3.8, 4) is 22.9 Å². The van der Waals surface area contributed by atoms with E-state index in [9.17, 15) is 0 Å². The fraction of sp³-hybridized carbons (Fsp3) is 0.190. The highest BCUT2D eigenvalue weighted by Crippen LogP contribution is 2.27. The number of fused-ring (bicyclic) bond motifs is 1. The average Bonchev–Trinajstić information content (AvgIpc) is 2.92. The molecule has 0 bridgehead atoms. The molecule has 4 nitrogen and oxygen atoms in total.